The number of hydrogen-bond donors (Lipinski definition) is 0. The molecule has 0 atom stereocenters. The molecule has 0 amide bonds. The number of carbonyl (C=O) groups is 1. The Morgan fingerprint density at radius 1 is 1.00 bits per heavy atom. The van der Waals surface area contributed by atoms with Crippen LogP contribution in [0.5, 0.6) is 0 Å². The maximum absolute atomic E-state index is 11.9. The Bertz CT molecular complexity index is 498. The maximum Gasteiger partial charge on any atom is 0.105 e. The molecule has 0 aromatic heterocycles. The lowest BCUT2D eigenvalue weighted by Gasteiger charge is -2.35. The van der Waals surface area contributed by atoms with Crippen molar-refractivity contribution >= 4 is 17.7 Å². The Balaban J connectivity index is 2.65. The molecule has 0 saturated heterocycles. The van der Waals surface area contributed by atoms with Crippen molar-refractivity contribution in [2.45, 2.75) is 11.7 Å². The van der Waals surface area contributed by atoms with Gasteiger partial charge in [0.15, 0.2) is 0 Å². The highest BCUT2D eigenvalue weighted by atomic mass is 32.2. The number of aliphatic carboxylic acids is 1. The van der Waals surface area contributed by atoms with E-state index in [9.17, 15) is 9.90 Å². The van der Waals surface area contributed by atoms with Crippen molar-refractivity contribution in [1.82, 2.24) is 0 Å². The van der Waals surface area contributed by atoms with Crippen LogP contribution in [-0.4, -0.2) is 11.7 Å². The zero-order valence-electron chi connectivity index (χ0n) is 10.7. The zero-order valence-corrected chi connectivity index (χ0v) is 11.5. The molecule has 0 saturated carbocycles. The van der Waals surface area contributed by atoms with Crippen LogP contribution >= 0.6 is 11.8 Å². The summed E-state index contributed by atoms with van der Waals surface area (Å²) < 4.78 is -1.14. The molecule has 2 aromatic rings. The van der Waals surface area contributed by atoms with Crippen LogP contribution in [0.3, 0.4) is 0 Å². The van der Waals surface area contributed by atoms with Gasteiger partial charge in [0, 0.05) is 0 Å². The molecule has 0 unspecified atom stereocenters. The van der Waals surface area contributed by atoms with Gasteiger partial charge in [-0.2, -0.15) is 0 Å². The number of hydrogen-bond acceptors (Lipinski definition) is 3. The van der Waals surface area contributed by atoms with Crippen molar-refractivity contribution in [3.63, 3.8) is 0 Å². The molecule has 0 radical (unpaired) electrons. The molecule has 0 N–H and O–H groups in total. The lowest BCUT2D eigenvalue weighted by atomic mass is 9.90. The van der Waals surface area contributed by atoms with Crippen LogP contribution in [0.15, 0.2) is 60.7 Å². The van der Waals surface area contributed by atoms with Gasteiger partial charge in [-0.3, -0.25) is 0 Å². The summed E-state index contributed by atoms with van der Waals surface area (Å²) in [5, 5.41) is 11.9. The molecule has 0 fully saturated rings. The molecule has 0 spiro atoms. The van der Waals surface area contributed by atoms with Crippen LogP contribution in [0.1, 0.15) is 18.1 Å². The van der Waals surface area contributed by atoms with Gasteiger partial charge in [-0.05, 0) is 16.9 Å². The number of carboxylic acids is 1. The second kappa shape index (κ2) is 5.93. The number of thioether (sulfide) groups is 1. The first-order valence-electron chi connectivity index (χ1n) is 6.18. The second-order valence-electron chi connectivity index (χ2n) is 4.13. The van der Waals surface area contributed by atoms with E-state index in [1.54, 1.807) is 0 Å². The second-order valence-corrected chi connectivity index (χ2v) is 5.61. The van der Waals surface area contributed by atoms with E-state index in [1.807, 2.05) is 67.6 Å². The molecule has 0 aliphatic carbocycles. The zero-order chi connectivity index (χ0) is 13.7. The van der Waals surface area contributed by atoms with Crippen molar-refractivity contribution in [3.8, 4) is 0 Å². The van der Waals surface area contributed by atoms with Crippen LogP contribution in [0.25, 0.3) is 0 Å². The first-order chi connectivity index (χ1) is 9.21. The maximum atomic E-state index is 11.9. The topological polar surface area (TPSA) is 40.1 Å². The number of carbonyl (C=O) groups excluding carboxylic acids is 1. The minimum absolute atomic E-state index is 0.692. The molecule has 98 valence electrons. The van der Waals surface area contributed by atoms with Gasteiger partial charge >= 0.3 is 0 Å². The SMILES string of the molecule is CCSC(C(=O)[O-])(c1ccccc1)c1ccccc1. The normalized spacial score (nSPS) is 11.2. The van der Waals surface area contributed by atoms with Gasteiger partial charge in [0.1, 0.15) is 4.75 Å². The van der Waals surface area contributed by atoms with Crippen LogP contribution in [0.2, 0.25) is 0 Å². The first-order valence-corrected chi connectivity index (χ1v) is 7.17. The van der Waals surface area contributed by atoms with E-state index in [2.05, 4.69) is 0 Å². The van der Waals surface area contributed by atoms with Gasteiger partial charge in [-0.15, -0.1) is 11.8 Å². The molecule has 2 nitrogen and oxygen atoms in total. The standard InChI is InChI=1S/C16H16O2S/c1-2-19-16(15(17)18,13-9-5-3-6-10-13)14-11-7-4-8-12-14/h3-12H,2H2,1H3,(H,17,18)/p-1. The van der Waals surface area contributed by atoms with Crippen molar-refractivity contribution < 1.29 is 9.90 Å². The minimum Gasteiger partial charge on any atom is -0.548 e. The third-order valence-corrected chi connectivity index (χ3v) is 4.37. The van der Waals surface area contributed by atoms with Crippen LogP contribution in [-0.2, 0) is 9.54 Å². The molecule has 2 rings (SSSR count). The van der Waals surface area contributed by atoms with Gasteiger partial charge in [0.05, 0.1) is 5.97 Å². The average molecular weight is 271 g/mol. The Labute approximate surface area is 117 Å². The van der Waals surface area contributed by atoms with Gasteiger partial charge in [-0.1, -0.05) is 67.6 Å². The first kappa shape index (κ1) is 13.7. The van der Waals surface area contributed by atoms with Crippen LogP contribution in [0, 0.1) is 0 Å². The van der Waals surface area contributed by atoms with E-state index in [0.29, 0.717) is 5.75 Å². The van der Waals surface area contributed by atoms with Gasteiger partial charge in [0.25, 0.3) is 0 Å². The Hall–Kier alpha value is -1.74. The summed E-state index contributed by atoms with van der Waals surface area (Å²) in [6.07, 6.45) is 0. The summed E-state index contributed by atoms with van der Waals surface area (Å²) in [4.78, 5) is 11.9. The van der Waals surface area contributed by atoms with Crippen molar-refractivity contribution in [1.29, 1.82) is 0 Å². The molecular weight excluding hydrogens is 256 g/mol. The predicted molar refractivity (Wildman–Crippen MR) is 76.8 cm³/mol. The lowest BCUT2D eigenvalue weighted by molar-refractivity contribution is -0.308. The van der Waals surface area contributed by atoms with E-state index in [0.717, 1.165) is 11.1 Å². The highest BCUT2D eigenvalue weighted by Crippen LogP contribution is 2.42. The summed E-state index contributed by atoms with van der Waals surface area (Å²) in [5.41, 5.74) is 1.49. The molecule has 0 heterocycles. The molecule has 0 bridgehead atoms. The summed E-state index contributed by atoms with van der Waals surface area (Å²) in [7, 11) is 0. The quantitative estimate of drug-likeness (QED) is 0.838. The van der Waals surface area contributed by atoms with Gasteiger partial charge < -0.3 is 9.90 Å². The highest BCUT2D eigenvalue weighted by molar-refractivity contribution is 8.01. The minimum atomic E-state index is -1.14. The van der Waals surface area contributed by atoms with E-state index in [1.165, 1.54) is 11.8 Å². The fourth-order valence-corrected chi connectivity index (χ4v) is 3.35. The van der Waals surface area contributed by atoms with Crippen molar-refractivity contribution in [2.75, 3.05) is 5.75 Å². The van der Waals surface area contributed by atoms with E-state index < -0.39 is 10.7 Å². The average Bonchev–Trinajstić information content (AvgIpc) is 2.46. The molecule has 19 heavy (non-hydrogen) atoms. The summed E-state index contributed by atoms with van der Waals surface area (Å²) in [6.45, 7) is 1.95. The fourth-order valence-electron chi connectivity index (χ4n) is 2.19. The third kappa shape index (κ3) is 2.51. The number of carboxylic acid groups (broad SMARTS) is 1. The molecular formula is C16H15O2S-. The van der Waals surface area contributed by atoms with Crippen molar-refractivity contribution in [2.24, 2.45) is 0 Å². The number of rotatable bonds is 5. The molecule has 3 heteroatoms. The Morgan fingerprint density at radius 3 is 1.74 bits per heavy atom. The van der Waals surface area contributed by atoms with Gasteiger partial charge in [0.2, 0.25) is 0 Å². The smallest absolute Gasteiger partial charge is 0.105 e. The summed E-state index contributed by atoms with van der Waals surface area (Å²) in [6, 6.07) is 18.5. The Kier molecular flexibility index (Phi) is 4.27. The summed E-state index contributed by atoms with van der Waals surface area (Å²) >= 11 is 1.38. The molecule has 2 aromatic carbocycles. The molecule has 0 aliphatic heterocycles. The lowest BCUT2D eigenvalue weighted by Crippen LogP contribution is -2.44. The largest absolute Gasteiger partial charge is 0.548 e. The van der Waals surface area contributed by atoms with Gasteiger partial charge in [-0.25, -0.2) is 0 Å². The third-order valence-electron chi connectivity index (χ3n) is 3.01. The van der Waals surface area contributed by atoms with Crippen molar-refractivity contribution in [3.05, 3.63) is 71.8 Å². The highest BCUT2D eigenvalue weighted by Gasteiger charge is 2.35. The predicted octanol–water partition coefficient (Wildman–Crippen LogP) is 2.43. The van der Waals surface area contributed by atoms with E-state index >= 15 is 0 Å². The molecule has 0 aliphatic rings. The van der Waals surface area contributed by atoms with Crippen LogP contribution in [0.4, 0.5) is 0 Å². The monoisotopic (exact) mass is 271 g/mol. The van der Waals surface area contributed by atoms with Crippen LogP contribution < -0.4 is 5.11 Å². The van der Waals surface area contributed by atoms with E-state index in [-0.39, 0.29) is 0 Å². The Morgan fingerprint density at radius 2 is 1.42 bits per heavy atom. The van der Waals surface area contributed by atoms with E-state index in [4.69, 9.17) is 0 Å². The summed E-state index contributed by atoms with van der Waals surface area (Å²) in [5.74, 6) is -0.380. The number of benzene rings is 2. The fraction of sp³-hybridized carbons (Fsp3) is 0.188.